The Morgan fingerprint density at radius 1 is 0.760 bits per heavy atom. The maximum Gasteiger partial charge on any atom is 0.408 e. The molecule has 2 aromatic carbocycles. The summed E-state index contributed by atoms with van der Waals surface area (Å²) >= 11 is 0. The van der Waals surface area contributed by atoms with Crippen LogP contribution in [0.15, 0.2) is 53.4 Å². The zero-order valence-electron chi connectivity index (χ0n) is 30.8. The van der Waals surface area contributed by atoms with E-state index in [0.29, 0.717) is 5.75 Å². The Kier molecular flexibility index (Phi) is 14.8. The van der Waals surface area contributed by atoms with Crippen LogP contribution < -0.4 is 10.1 Å². The molecule has 2 amide bonds. The topological polar surface area (TPSA) is 164 Å². The highest BCUT2D eigenvalue weighted by Crippen LogP contribution is 2.18. The predicted octanol–water partition coefficient (Wildman–Crippen LogP) is 5.58. The summed E-state index contributed by atoms with van der Waals surface area (Å²) < 4.78 is 51.7. The number of benzene rings is 2. The summed E-state index contributed by atoms with van der Waals surface area (Å²) in [6, 6.07) is 11.3. The van der Waals surface area contributed by atoms with Crippen LogP contribution >= 0.6 is 0 Å². The number of carbonyl (C=O) groups is 4. The minimum absolute atomic E-state index is 0.0401. The van der Waals surface area contributed by atoms with Gasteiger partial charge in [0.1, 0.15) is 48.4 Å². The molecule has 0 aliphatic heterocycles. The number of aryl methyl sites for hydroxylation is 1. The molecule has 0 spiro atoms. The highest BCUT2D eigenvalue weighted by Gasteiger charge is 2.30. The third kappa shape index (κ3) is 16.0. The molecule has 278 valence electrons. The Bertz CT molecular complexity index is 1550. The van der Waals surface area contributed by atoms with Crippen LogP contribution in [0, 0.1) is 6.92 Å². The SMILES string of the molecule is Cc1ccc(S(=O)(=O)OCCOc2ccc(C(=O)N(CCC[C@H](NC(=O)OC(C)(C)C)C(=O)OC(C)(C)C)CC(=O)OC(C)(C)C)cc2)cc1. The Hall–Kier alpha value is -4.17. The Morgan fingerprint density at radius 2 is 1.32 bits per heavy atom. The smallest absolute Gasteiger partial charge is 0.408 e. The number of hydrogen-bond acceptors (Lipinski definition) is 11. The molecule has 1 atom stereocenters. The maximum atomic E-state index is 13.6. The molecule has 0 bridgehead atoms. The van der Waals surface area contributed by atoms with Crippen LogP contribution in [0.4, 0.5) is 4.79 Å². The molecular weight excluding hydrogens is 668 g/mol. The molecule has 0 heterocycles. The van der Waals surface area contributed by atoms with Crippen molar-refractivity contribution in [2.45, 2.75) is 110 Å². The zero-order chi connectivity index (χ0) is 37.9. The molecule has 0 aliphatic rings. The molecule has 2 aromatic rings. The molecule has 13 nitrogen and oxygen atoms in total. The van der Waals surface area contributed by atoms with Crippen molar-refractivity contribution in [2.24, 2.45) is 0 Å². The van der Waals surface area contributed by atoms with E-state index in [9.17, 15) is 27.6 Å². The van der Waals surface area contributed by atoms with Crippen molar-refractivity contribution >= 4 is 34.1 Å². The first-order chi connectivity index (χ1) is 22.9. The van der Waals surface area contributed by atoms with Gasteiger partial charge in [-0.25, -0.2) is 9.59 Å². The van der Waals surface area contributed by atoms with Crippen molar-refractivity contribution in [3.8, 4) is 5.75 Å². The van der Waals surface area contributed by atoms with Gasteiger partial charge in [-0.15, -0.1) is 0 Å². The second-order valence-corrected chi connectivity index (χ2v) is 16.3. The molecule has 2 rings (SSSR count). The van der Waals surface area contributed by atoms with E-state index in [1.54, 1.807) is 74.4 Å². The lowest BCUT2D eigenvalue weighted by molar-refractivity contribution is -0.158. The first-order valence-corrected chi connectivity index (χ1v) is 17.8. The van der Waals surface area contributed by atoms with Crippen molar-refractivity contribution in [2.75, 3.05) is 26.3 Å². The van der Waals surface area contributed by atoms with Crippen molar-refractivity contribution in [3.63, 3.8) is 0 Å². The predicted molar refractivity (Wildman–Crippen MR) is 186 cm³/mol. The number of amides is 2. The Labute approximate surface area is 296 Å². The first kappa shape index (κ1) is 42.0. The minimum Gasteiger partial charge on any atom is -0.491 e. The Morgan fingerprint density at radius 3 is 1.86 bits per heavy atom. The average molecular weight is 721 g/mol. The lowest BCUT2D eigenvalue weighted by Crippen LogP contribution is -2.46. The van der Waals surface area contributed by atoms with E-state index in [1.807, 2.05) is 6.92 Å². The molecule has 0 aromatic heterocycles. The largest absolute Gasteiger partial charge is 0.491 e. The number of hydrogen-bond donors (Lipinski definition) is 1. The van der Waals surface area contributed by atoms with Gasteiger partial charge in [0.2, 0.25) is 0 Å². The molecule has 50 heavy (non-hydrogen) atoms. The fourth-order valence-electron chi connectivity index (χ4n) is 4.29. The van der Waals surface area contributed by atoms with E-state index >= 15 is 0 Å². The summed E-state index contributed by atoms with van der Waals surface area (Å²) in [7, 11) is -3.94. The highest BCUT2D eigenvalue weighted by molar-refractivity contribution is 7.86. The van der Waals surface area contributed by atoms with E-state index in [0.717, 1.165) is 5.56 Å². The van der Waals surface area contributed by atoms with E-state index in [4.69, 9.17) is 23.1 Å². The highest BCUT2D eigenvalue weighted by atomic mass is 32.2. The number of ether oxygens (including phenoxy) is 4. The summed E-state index contributed by atoms with van der Waals surface area (Å²) in [5.74, 6) is -1.40. The van der Waals surface area contributed by atoms with Gasteiger partial charge < -0.3 is 29.2 Å². The van der Waals surface area contributed by atoms with Gasteiger partial charge in [-0.2, -0.15) is 8.42 Å². The number of rotatable bonds is 15. The zero-order valence-corrected chi connectivity index (χ0v) is 31.6. The molecule has 0 unspecified atom stereocenters. The summed E-state index contributed by atoms with van der Waals surface area (Å²) in [5, 5.41) is 2.56. The van der Waals surface area contributed by atoms with E-state index in [-0.39, 0.29) is 49.6 Å². The molecule has 0 radical (unpaired) electrons. The van der Waals surface area contributed by atoms with Gasteiger partial charge in [0.05, 0.1) is 4.90 Å². The minimum atomic E-state index is -3.94. The van der Waals surface area contributed by atoms with E-state index in [2.05, 4.69) is 5.32 Å². The van der Waals surface area contributed by atoms with Gasteiger partial charge in [-0.1, -0.05) is 17.7 Å². The lowest BCUT2D eigenvalue weighted by atomic mass is 10.1. The summed E-state index contributed by atoms with van der Waals surface area (Å²) in [6.07, 6.45) is -0.501. The van der Waals surface area contributed by atoms with Crippen LogP contribution in [-0.2, 0) is 38.1 Å². The van der Waals surface area contributed by atoms with E-state index in [1.165, 1.54) is 41.3 Å². The van der Waals surface area contributed by atoms with Gasteiger partial charge in [0.25, 0.3) is 16.0 Å². The van der Waals surface area contributed by atoms with Crippen molar-refractivity contribution in [1.82, 2.24) is 10.2 Å². The van der Waals surface area contributed by atoms with Crippen LogP contribution in [0.25, 0.3) is 0 Å². The van der Waals surface area contributed by atoms with Crippen molar-refractivity contribution in [3.05, 3.63) is 59.7 Å². The maximum absolute atomic E-state index is 13.6. The molecular formula is C36H52N2O11S. The van der Waals surface area contributed by atoms with Gasteiger partial charge in [0.15, 0.2) is 0 Å². The Balaban J connectivity index is 2.11. The van der Waals surface area contributed by atoms with Crippen molar-refractivity contribution < 1.29 is 50.7 Å². The molecule has 0 aliphatic carbocycles. The number of alkyl carbamates (subject to hydrolysis) is 1. The van der Waals surface area contributed by atoms with Crippen LogP contribution in [-0.4, -0.2) is 86.4 Å². The fourth-order valence-corrected chi connectivity index (χ4v) is 5.19. The summed E-state index contributed by atoms with van der Waals surface area (Å²) in [4.78, 5) is 53.3. The van der Waals surface area contributed by atoms with Crippen molar-refractivity contribution in [1.29, 1.82) is 0 Å². The van der Waals surface area contributed by atoms with Gasteiger partial charge in [-0.3, -0.25) is 13.8 Å². The van der Waals surface area contributed by atoms with Crippen LogP contribution in [0.3, 0.4) is 0 Å². The third-order valence-corrected chi connectivity index (χ3v) is 7.66. The number of esters is 2. The third-order valence-electron chi connectivity index (χ3n) is 6.33. The summed E-state index contributed by atoms with van der Waals surface area (Å²) in [5.41, 5.74) is -1.23. The number of nitrogens with one attached hydrogen (secondary N) is 1. The molecule has 0 saturated carbocycles. The van der Waals surface area contributed by atoms with Gasteiger partial charge in [-0.05, 0) is 118 Å². The van der Waals surface area contributed by atoms with Gasteiger partial charge >= 0.3 is 18.0 Å². The second-order valence-electron chi connectivity index (χ2n) is 14.6. The molecule has 0 fully saturated rings. The summed E-state index contributed by atoms with van der Waals surface area (Å²) in [6.45, 7) is 16.6. The van der Waals surface area contributed by atoms with Crippen LogP contribution in [0.5, 0.6) is 5.75 Å². The lowest BCUT2D eigenvalue weighted by Gasteiger charge is -2.28. The van der Waals surface area contributed by atoms with Gasteiger partial charge in [0, 0.05) is 12.1 Å². The normalized spacial score (nSPS) is 12.8. The second kappa shape index (κ2) is 17.7. The number of carbonyl (C=O) groups excluding carboxylic acids is 4. The number of nitrogens with zero attached hydrogens (tertiary/aromatic N) is 1. The molecule has 14 heteroatoms. The fraction of sp³-hybridized carbons (Fsp3) is 0.556. The monoisotopic (exact) mass is 720 g/mol. The van der Waals surface area contributed by atoms with Crippen LogP contribution in [0.2, 0.25) is 0 Å². The molecule has 0 saturated heterocycles. The van der Waals surface area contributed by atoms with Crippen LogP contribution in [0.1, 0.15) is 91.1 Å². The standard InChI is InChI=1S/C36H52N2O11S/c1-25-13-19-28(20-14-25)50(43,44)46-23-22-45-27-17-15-26(16-18-27)31(40)38(24-30(39)47-34(2,3)4)21-11-12-29(32(41)48-35(5,6)7)37-33(42)49-36(8,9)10/h13-20,29H,11-12,21-24H2,1-10H3,(H,37,42)/t29-/m0/s1. The first-order valence-electron chi connectivity index (χ1n) is 16.4. The quantitative estimate of drug-likeness (QED) is 0.106. The molecule has 1 N–H and O–H groups in total. The average Bonchev–Trinajstić information content (AvgIpc) is 2.95. The van der Waals surface area contributed by atoms with E-state index < -0.39 is 56.9 Å².